The second-order valence-electron chi connectivity index (χ2n) is 9.00. The van der Waals surface area contributed by atoms with Crippen molar-refractivity contribution in [2.75, 3.05) is 10.6 Å². The van der Waals surface area contributed by atoms with Crippen molar-refractivity contribution in [2.24, 2.45) is 0 Å². The molecule has 3 aromatic rings. The van der Waals surface area contributed by atoms with Crippen LogP contribution >= 0.6 is 23.2 Å². The Morgan fingerprint density at radius 2 is 0.971 bits per heavy atom. The molecule has 0 spiro atoms. The van der Waals surface area contributed by atoms with Crippen LogP contribution in [0, 0.1) is 0 Å². The van der Waals surface area contributed by atoms with Gasteiger partial charge in [0.15, 0.2) is 0 Å². The molecule has 0 radical (unpaired) electrons. The maximum Gasteiger partial charge on any atom is 0.319 e. The van der Waals surface area contributed by atoms with Crippen LogP contribution in [0.5, 0.6) is 0 Å². The fraction of sp³-hybridized carbons (Fsp3) is 0.231. The van der Waals surface area contributed by atoms with Gasteiger partial charge < -0.3 is 21.3 Å². The van der Waals surface area contributed by atoms with Gasteiger partial charge in [-0.25, -0.2) is 9.59 Å². The van der Waals surface area contributed by atoms with E-state index in [9.17, 15) is 9.59 Å². The van der Waals surface area contributed by atoms with E-state index < -0.39 is 11.1 Å². The summed E-state index contributed by atoms with van der Waals surface area (Å²) >= 11 is 11.8. The molecule has 0 aromatic heterocycles. The average Bonchev–Trinajstić information content (AvgIpc) is 2.76. The van der Waals surface area contributed by atoms with Gasteiger partial charge in [-0.1, -0.05) is 47.5 Å². The fourth-order valence-corrected chi connectivity index (χ4v) is 3.65. The first-order chi connectivity index (χ1) is 15.9. The quantitative estimate of drug-likeness (QED) is 0.292. The summed E-state index contributed by atoms with van der Waals surface area (Å²) in [6, 6.07) is 20.9. The molecule has 4 amide bonds. The molecule has 0 saturated heterocycles. The molecule has 3 aromatic carbocycles. The summed E-state index contributed by atoms with van der Waals surface area (Å²) in [7, 11) is 0. The number of carbonyl (C=O) groups excluding carboxylic acids is 2. The minimum absolute atomic E-state index is 0.336. The van der Waals surface area contributed by atoms with Gasteiger partial charge in [-0.05, 0) is 87.4 Å². The van der Waals surface area contributed by atoms with Crippen molar-refractivity contribution < 1.29 is 9.59 Å². The SMILES string of the molecule is CC(C)(NC(=O)Nc1ccc(Cl)cc1)c1cccc(C(C)(C)NC(=O)Nc2ccc(Cl)cc2)c1. The number of urea groups is 2. The molecule has 0 aliphatic carbocycles. The van der Waals surface area contributed by atoms with E-state index >= 15 is 0 Å². The first-order valence-electron chi connectivity index (χ1n) is 10.8. The van der Waals surface area contributed by atoms with Crippen LogP contribution in [-0.2, 0) is 11.1 Å². The number of amides is 4. The summed E-state index contributed by atoms with van der Waals surface area (Å²) in [4.78, 5) is 25.2. The Morgan fingerprint density at radius 3 is 1.32 bits per heavy atom. The third-order valence-electron chi connectivity index (χ3n) is 5.36. The van der Waals surface area contributed by atoms with Crippen LogP contribution in [0.4, 0.5) is 21.0 Å². The Morgan fingerprint density at radius 1 is 0.618 bits per heavy atom. The fourth-order valence-electron chi connectivity index (χ4n) is 3.40. The normalized spacial score (nSPS) is 11.5. The van der Waals surface area contributed by atoms with Crippen LogP contribution in [0.25, 0.3) is 0 Å². The van der Waals surface area contributed by atoms with Gasteiger partial charge in [0.2, 0.25) is 0 Å². The predicted molar refractivity (Wildman–Crippen MR) is 140 cm³/mol. The van der Waals surface area contributed by atoms with E-state index in [0.29, 0.717) is 21.4 Å². The van der Waals surface area contributed by atoms with Crippen LogP contribution in [0.1, 0.15) is 38.8 Å². The van der Waals surface area contributed by atoms with Gasteiger partial charge in [0.25, 0.3) is 0 Å². The van der Waals surface area contributed by atoms with Gasteiger partial charge in [0.1, 0.15) is 0 Å². The zero-order valence-corrected chi connectivity index (χ0v) is 21.0. The van der Waals surface area contributed by atoms with Crippen molar-refractivity contribution in [2.45, 2.75) is 38.8 Å². The van der Waals surface area contributed by atoms with Crippen LogP contribution in [0.3, 0.4) is 0 Å². The molecule has 178 valence electrons. The average molecular weight is 499 g/mol. The van der Waals surface area contributed by atoms with Gasteiger partial charge in [-0.15, -0.1) is 0 Å². The third-order valence-corrected chi connectivity index (χ3v) is 5.87. The lowest BCUT2D eigenvalue weighted by Crippen LogP contribution is -2.45. The van der Waals surface area contributed by atoms with E-state index in [1.54, 1.807) is 48.5 Å². The zero-order chi connectivity index (χ0) is 24.9. The Bertz CT molecular complexity index is 1070. The van der Waals surface area contributed by atoms with E-state index in [-0.39, 0.29) is 12.1 Å². The van der Waals surface area contributed by atoms with Crippen molar-refractivity contribution >= 4 is 46.6 Å². The highest BCUT2D eigenvalue weighted by atomic mass is 35.5. The molecule has 0 heterocycles. The van der Waals surface area contributed by atoms with Crippen LogP contribution < -0.4 is 21.3 Å². The van der Waals surface area contributed by atoms with Crippen molar-refractivity contribution in [3.8, 4) is 0 Å². The summed E-state index contributed by atoms with van der Waals surface area (Å²) in [5, 5.41) is 12.8. The van der Waals surface area contributed by atoms with E-state index in [1.165, 1.54) is 0 Å². The smallest absolute Gasteiger partial charge is 0.319 e. The van der Waals surface area contributed by atoms with Crippen molar-refractivity contribution in [1.29, 1.82) is 0 Å². The predicted octanol–water partition coefficient (Wildman–Crippen LogP) is 7.11. The molecule has 0 aliphatic rings. The molecule has 6 nitrogen and oxygen atoms in total. The molecule has 0 fully saturated rings. The summed E-state index contributed by atoms with van der Waals surface area (Å²) in [5.41, 5.74) is 1.72. The topological polar surface area (TPSA) is 82.3 Å². The number of nitrogens with one attached hydrogen (secondary N) is 4. The lowest BCUT2D eigenvalue weighted by molar-refractivity contribution is 0.241. The zero-order valence-electron chi connectivity index (χ0n) is 19.5. The van der Waals surface area contributed by atoms with Gasteiger partial charge >= 0.3 is 12.1 Å². The van der Waals surface area contributed by atoms with Gasteiger partial charge in [-0.3, -0.25) is 0 Å². The van der Waals surface area contributed by atoms with E-state index in [2.05, 4.69) is 21.3 Å². The van der Waals surface area contributed by atoms with Crippen molar-refractivity contribution in [1.82, 2.24) is 10.6 Å². The second kappa shape index (κ2) is 10.4. The number of carbonyl (C=O) groups is 2. The number of halogens is 2. The maximum atomic E-state index is 12.6. The minimum Gasteiger partial charge on any atom is -0.329 e. The summed E-state index contributed by atoms with van der Waals surface area (Å²) in [6.07, 6.45) is 0. The third kappa shape index (κ3) is 6.89. The Balaban J connectivity index is 1.68. The molecule has 34 heavy (non-hydrogen) atoms. The Kier molecular flexibility index (Phi) is 7.75. The van der Waals surface area contributed by atoms with Crippen molar-refractivity contribution in [3.05, 3.63) is 94.0 Å². The highest BCUT2D eigenvalue weighted by molar-refractivity contribution is 6.31. The highest BCUT2D eigenvalue weighted by Gasteiger charge is 2.27. The van der Waals surface area contributed by atoms with Crippen molar-refractivity contribution in [3.63, 3.8) is 0 Å². The van der Waals surface area contributed by atoms with Crippen LogP contribution in [-0.4, -0.2) is 12.1 Å². The van der Waals surface area contributed by atoms with E-state index in [4.69, 9.17) is 23.2 Å². The van der Waals surface area contributed by atoms with E-state index in [1.807, 2.05) is 52.0 Å². The monoisotopic (exact) mass is 498 g/mol. The number of hydrogen-bond acceptors (Lipinski definition) is 2. The van der Waals surface area contributed by atoms with Gasteiger partial charge in [0, 0.05) is 21.4 Å². The molecule has 0 unspecified atom stereocenters. The summed E-state index contributed by atoms with van der Waals surface area (Å²) in [6.45, 7) is 7.67. The lowest BCUT2D eigenvalue weighted by atomic mass is 9.87. The van der Waals surface area contributed by atoms with Gasteiger partial charge in [-0.2, -0.15) is 0 Å². The Labute approximate surface area is 210 Å². The minimum atomic E-state index is -0.672. The summed E-state index contributed by atoms with van der Waals surface area (Å²) in [5.74, 6) is 0. The molecule has 4 N–H and O–H groups in total. The molecule has 0 atom stereocenters. The molecular formula is C26H28Cl2N4O2. The van der Waals surface area contributed by atoms with E-state index in [0.717, 1.165) is 11.1 Å². The molecule has 0 aliphatic heterocycles. The standard InChI is InChI=1S/C26H28Cl2N4O2/c1-25(2,31-23(33)29-21-12-8-19(27)9-13-21)17-6-5-7-18(16-17)26(3,4)32-24(34)30-22-14-10-20(28)11-15-22/h5-16H,1-4H3,(H2,29,31,33)(H2,30,32,34). The molecule has 0 saturated carbocycles. The molecular weight excluding hydrogens is 471 g/mol. The number of benzene rings is 3. The molecule has 0 bridgehead atoms. The van der Waals surface area contributed by atoms with Crippen LogP contribution in [0.2, 0.25) is 10.0 Å². The number of rotatable bonds is 6. The Hall–Kier alpha value is -3.22. The number of hydrogen-bond donors (Lipinski definition) is 4. The first kappa shape index (κ1) is 25.4. The second-order valence-corrected chi connectivity index (χ2v) is 9.88. The summed E-state index contributed by atoms with van der Waals surface area (Å²) < 4.78 is 0. The van der Waals surface area contributed by atoms with Gasteiger partial charge in [0.05, 0.1) is 11.1 Å². The molecule has 3 rings (SSSR count). The first-order valence-corrected chi connectivity index (χ1v) is 11.5. The largest absolute Gasteiger partial charge is 0.329 e. The van der Waals surface area contributed by atoms with Crippen LogP contribution in [0.15, 0.2) is 72.8 Å². The lowest BCUT2D eigenvalue weighted by Gasteiger charge is -2.31. The highest BCUT2D eigenvalue weighted by Crippen LogP contribution is 2.27. The molecule has 8 heteroatoms. The number of anilines is 2. The maximum absolute atomic E-state index is 12.6.